The molecule has 0 saturated heterocycles. The number of carbonyl (C=O) groups excluding carboxylic acids is 1. The number of allylic oxidation sites excluding steroid dienone is 2. The third kappa shape index (κ3) is 3.39. The summed E-state index contributed by atoms with van der Waals surface area (Å²) in [5.74, 6) is 0.847. The number of benzene rings is 3. The van der Waals surface area contributed by atoms with Crippen LogP contribution in [0, 0.1) is 5.92 Å². The summed E-state index contributed by atoms with van der Waals surface area (Å²) in [5, 5.41) is 9.39. The summed E-state index contributed by atoms with van der Waals surface area (Å²) in [7, 11) is 0. The van der Waals surface area contributed by atoms with Gasteiger partial charge in [0.2, 0.25) is 0 Å². The Morgan fingerprint density at radius 3 is 2.80 bits per heavy atom. The van der Waals surface area contributed by atoms with Crippen LogP contribution in [0.3, 0.4) is 0 Å². The number of amides is 1. The first-order valence-electron chi connectivity index (χ1n) is 11.1. The molecule has 5 rings (SSSR count). The zero-order valence-electron chi connectivity index (χ0n) is 17.4. The van der Waals surface area contributed by atoms with Crippen LogP contribution in [0.4, 0.5) is 5.69 Å². The highest BCUT2D eigenvalue weighted by Gasteiger charge is 2.38. The second kappa shape index (κ2) is 7.98. The lowest BCUT2D eigenvalue weighted by Gasteiger charge is -2.37. The van der Waals surface area contributed by atoms with E-state index in [1.807, 2.05) is 6.07 Å². The SMILES string of the molecule is CCCCNC(=O)c1ccc2c(c1)C1C=CCC1C(c1ccc3ccccc3c1)N2. The zero-order chi connectivity index (χ0) is 20.5. The first-order valence-corrected chi connectivity index (χ1v) is 11.1. The van der Waals surface area contributed by atoms with E-state index in [0.29, 0.717) is 11.8 Å². The van der Waals surface area contributed by atoms with Crippen molar-refractivity contribution in [3.63, 3.8) is 0 Å². The normalized spacial score (nSPS) is 21.7. The monoisotopic (exact) mass is 396 g/mol. The van der Waals surface area contributed by atoms with Crippen molar-refractivity contribution in [1.82, 2.24) is 5.32 Å². The Hall–Kier alpha value is -3.07. The maximum Gasteiger partial charge on any atom is 0.251 e. The molecular formula is C27H28N2O. The Bertz CT molecular complexity index is 1120. The number of carbonyl (C=O) groups is 1. The molecule has 3 aromatic carbocycles. The number of unbranched alkanes of at least 4 members (excludes halogenated alkanes) is 1. The van der Waals surface area contributed by atoms with Crippen molar-refractivity contribution in [2.75, 3.05) is 11.9 Å². The lowest BCUT2D eigenvalue weighted by Crippen LogP contribution is -2.30. The Labute approximate surface area is 178 Å². The second-order valence-electron chi connectivity index (χ2n) is 8.49. The molecule has 3 atom stereocenters. The van der Waals surface area contributed by atoms with Gasteiger partial charge >= 0.3 is 0 Å². The van der Waals surface area contributed by atoms with Gasteiger partial charge in [-0.05, 0) is 64.9 Å². The molecule has 0 radical (unpaired) electrons. The molecule has 1 amide bonds. The van der Waals surface area contributed by atoms with Gasteiger partial charge < -0.3 is 10.6 Å². The van der Waals surface area contributed by atoms with E-state index in [1.165, 1.54) is 21.9 Å². The van der Waals surface area contributed by atoms with Crippen LogP contribution < -0.4 is 10.6 Å². The predicted molar refractivity (Wildman–Crippen MR) is 124 cm³/mol. The van der Waals surface area contributed by atoms with E-state index >= 15 is 0 Å². The van der Waals surface area contributed by atoms with Crippen molar-refractivity contribution in [2.24, 2.45) is 5.92 Å². The van der Waals surface area contributed by atoms with Gasteiger partial charge in [0.1, 0.15) is 0 Å². The Morgan fingerprint density at radius 1 is 1.07 bits per heavy atom. The highest BCUT2D eigenvalue weighted by atomic mass is 16.1. The lowest BCUT2D eigenvalue weighted by atomic mass is 9.76. The second-order valence-corrected chi connectivity index (χ2v) is 8.49. The number of fused-ring (bicyclic) bond motifs is 4. The summed E-state index contributed by atoms with van der Waals surface area (Å²) in [6, 6.07) is 21.7. The van der Waals surface area contributed by atoms with Crippen LogP contribution in [0.15, 0.2) is 72.8 Å². The molecule has 0 aromatic heterocycles. The predicted octanol–water partition coefficient (Wildman–Crippen LogP) is 6.20. The number of nitrogens with one attached hydrogen (secondary N) is 2. The molecular weight excluding hydrogens is 368 g/mol. The van der Waals surface area contributed by atoms with Crippen LogP contribution in [0.2, 0.25) is 0 Å². The van der Waals surface area contributed by atoms with Gasteiger partial charge in [-0.1, -0.05) is 61.9 Å². The summed E-state index contributed by atoms with van der Waals surface area (Å²) in [4.78, 5) is 12.6. The number of hydrogen-bond donors (Lipinski definition) is 2. The number of rotatable bonds is 5. The van der Waals surface area contributed by atoms with Crippen molar-refractivity contribution in [3.05, 3.63) is 89.5 Å². The largest absolute Gasteiger partial charge is 0.378 e. The molecule has 3 nitrogen and oxygen atoms in total. The topological polar surface area (TPSA) is 41.1 Å². The van der Waals surface area contributed by atoms with Gasteiger partial charge in [0, 0.05) is 23.7 Å². The number of anilines is 1. The van der Waals surface area contributed by atoms with Gasteiger partial charge in [0.25, 0.3) is 5.91 Å². The molecule has 152 valence electrons. The van der Waals surface area contributed by atoms with Crippen LogP contribution in [0.1, 0.15) is 59.6 Å². The summed E-state index contributed by atoms with van der Waals surface area (Å²) < 4.78 is 0. The third-order valence-corrected chi connectivity index (χ3v) is 6.57. The van der Waals surface area contributed by atoms with E-state index in [9.17, 15) is 4.79 Å². The molecule has 3 aromatic rings. The number of hydrogen-bond acceptors (Lipinski definition) is 2. The molecule has 3 heteroatoms. The standard InChI is InChI=1S/C27H28N2O/c1-2-3-15-28-27(30)21-13-14-25-24(17-21)22-9-6-10-23(22)26(29-25)20-12-11-18-7-4-5-8-19(18)16-20/h4-9,11-14,16-17,22-23,26,29H,2-3,10,15H2,1H3,(H,28,30). The molecule has 3 unspecified atom stereocenters. The van der Waals surface area contributed by atoms with Crippen LogP contribution in [-0.4, -0.2) is 12.5 Å². The van der Waals surface area contributed by atoms with Crippen molar-refractivity contribution in [2.45, 2.75) is 38.1 Å². The van der Waals surface area contributed by atoms with E-state index in [4.69, 9.17) is 0 Å². The average Bonchev–Trinajstić information content (AvgIpc) is 3.28. The van der Waals surface area contributed by atoms with Gasteiger partial charge in [0.15, 0.2) is 0 Å². The molecule has 2 N–H and O–H groups in total. The van der Waals surface area contributed by atoms with E-state index in [1.54, 1.807) is 0 Å². The highest BCUT2D eigenvalue weighted by molar-refractivity contribution is 5.95. The maximum atomic E-state index is 12.6. The van der Waals surface area contributed by atoms with E-state index < -0.39 is 0 Å². The fraction of sp³-hybridized carbons (Fsp3) is 0.296. The fourth-order valence-corrected chi connectivity index (χ4v) is 4.95. The van der Waals surface area contributed by atoms with Crippen LogP contribution in [0.25, 0.3) is 10.8 Å². The summed E-state index contributed by atoms with van der Waals surface area (Å²) in [6.45, 7) is 2.87. The lowest BCUT2D eigenvalue weighted by molar-refractivity contribution is 0.0953. The molecule has 0 fully saturated rings. The average molecular weight is 397 g/mol. The molecule has 0 saturated carbocycles. The minimum absolute atomic E-state index is 0.0291. The van der Waals surface area contributed by atoms with Crippen molar-refractivity contribution in [1.29, 1.82) is 0 Å². The smallest absolute Gasteiger partial charge is 0.251 e. The van der Waals surface area contributed by atoms with E-state index in [-0.39, 0.29) is 11.9 Å². The van der Waals surface area contributed by atoms with Gasteiger partial charge in [-0.25, -0.2) is 0 Å². The highest BCUT2D eigenvalue weighted by Crippen LogP contribution is 2.50. The van der Waals surface area contributed by atoms with Gasteiger partial charge in [0.05, 0.1) is 6.04 Å². The molecule has 0 bridgehead atoms. The molecule has 30 heavy (non-hydrogen) atoms. The Morgan fingerprint density at radius 2 is 1.93 bits per heavy atom. The van der Waals surface area contributed by atoms with Crippen LogP contribution in [0.5, 0.6) is 0 Å². The quantitative estimate of drug-likeness (QED) is 0.398. The summed E-state index contributed by atoms with van der Waals surface area (Å²) in [6.07, 6.45) is 7.78. The van der Waals surface area contributed by atoms with Crippen molar-refractivity contribution < 1.29 is 4.79 Å². The van der Waals surface area contributed by atoms with E-state index in [2.05, 4.69) is 84.3 Å². The molecule has 1 aliphatic heterocycles. The summed E-state index contributed by atoms with van der Waals surface area (Å²) >= 11 is 0. The zero-order valence-corrected chi connectivity index (χ0v) is 17.4. The molecule has 2 aliphatic rings. The van der Waals surface area contributed by atoms with Crippen LogP contribution in [-0.2, 0) is 0 Å². The molecule has 1 heterocycles. The summed E-state index contributed by atoms with van der Waals surface area (Å²) in [5.41, 5.74) is 4.48. The minimum Gasteiger partial charge on any atom is -0.378 e. The van der Waals surface area contributed by atoms with Crippen LogP contribution >= 0.6 is 0 Å². The fourth-order valence-electron chi connectivity index (χ4n) is 4.95. The first kappa shape index (κ1) is 18.9. The van der Waals surface area contributed by atoms with E-state index in [0.717, 1.165) is 37.1 Å². The Balaban J connectivity index is 1.46. The third-order valence-electron chi connectivity index (χ3n) is 6.57. The van der Waals surface area contributed by atoms with Crippen molar-refractivity contribution >= 4 is 22.4 Å². The molecule has 1 aliphatic carbocycles. The first-order chi connectivity index (χ1) is 14.7. The van der Waals surface area contributed by atoms with Crippen molar-refractivity contribution in [3.8, 4) is 0 Å². The molecule has 0 spiro atoms. The van der Waals surface area contributed by atoms with Gasteiger partial charge in [-0.2, -0.15) is 0 Å². The van der Waals surface area contributed by atoms with Gasteiger partial charge in [-0.15, -0.1) is 0 Å². The minimum atomic E-state index is 0.0291. The maximum absolute atomic E-state index is 12.6. The Kier molecular flexibility index (Phi) is 5.04. The van der Waals surface area contributed by atoms with Gasteiger partial charge in [-0.3, -0.25) is 4.79 Å².